The van der Waals surface area contributed by atoms with Crippen LogP contribution in [0.5, 0.6) is 5.75 Å². The van der Waals surface area contributed by atoms with Gasteiger partial charge in [0, 0.05) is 25.7 Å². The quantitative estimate of drug-likeness (QED) is 0.515. The molecule has 0 bridgehead atoms. The van der Waals surface area contributed by atoms with Crippen molar-refractivity contribution in [3.63, 3.8) is 0 Å². The minimum Gasteiger partial charge on any atom is -0.497 e. The standard InChI is InChI=1S/C20H19NO5/c1-20(2)25-18(22)17(19(23)26-20)12-21-15-6-4-5-14(11-15)13-7-9-16(24-3)10-8-13/h4-12,21H,1-3H3. The van der Waals surface area contributed by atoms with Crippen LogP contribution in [0.4, 0.5) is 5.69 Å². The molecule has 1 heterocycles. The number of methoxy groups -OCH3 is 1. The van der Waals surface area contributed by atoms with Gasteiger partial charge in [0.15, 0.2) is 5.57 Å². The van der Waals surface area contributed by atoms with Crippen LogP contribution in [0.25, 0.3) is 11.1 Å². The number of carbonyl (C=O) groups excluding carboxylic acids is 2. The lowest BCUT2D eigenvalue weighted by Gasteiger charge is -2.29. The fourth-order valence-corrected chi connectivity index (χ4v) is 2.51. The number of hydrogen-bond acceptors (Lipinski definition) is 6. The Morgan fingerprint density at radius 2 is 1.62 bits per heavy atom. The maximum Gasteiger partial charge on any atom is 0.350 e. The molecule has 6 heteroatoms. The molecule has 0 amide bonds. The molecule has 134 valence electrons. The van der Waals surface area contributed by atoms with Crippen molar-refractivity contribution in [2.45, 2.75) is 19.6 Å². The number of hydrogen-bond donors (Lipinski definition) is 1. The van der Waals surface area contributed by atoms with Gasteiger partial charge in [-0.3, -0.25) is 0 Å². The van der Waals surface area contributed by atoms with Gasteiger partial charge < -0.3 is 19.5 Å². The van der Waals surface area contributed by atoms with E-state index < -0.39 is 17.7 Å². The zero-order valence-electron chi connectivity index (χ0n) is 14.7. The van der Waals surface area contributed by atoms with E-state index in [-0.39, 0.29) is 5.57 Å². The normalized spacial score (nSPS) is 15.7. The highest BCUT2D eigenvalue weighted by Crippen LogP contribution is 2.26. The first-order valence-electron chi connectivity index (χ1n) is 8.06. The Hall–Kier alpha value is -3.28. The van der Waals surface area contributed by atoms with Crippen LogP contribution in [0.15, 0.2) is 60.3 Å². The van der Waals surface area contributed by atoms with Crippen molar-refractivity contribution >= 4 is 17.6 Å². The Balaban J connectivity index is 1.78. The number of anilines is 1. The number of benzene rings is 2. The topological polar surface area (TPSA) is 73.9 Å². The summed E-state index contributed by atoms with van der Waals surface area (Å²) in [5.41, 5.74) is 2.53. The van der Waals surface area contributed by atoms with E-state index in [2.05, 4.69) is 5.32 Å². The van der Waals surface area contributed by atoms with Crippen LogP contribution in [0.1, 0.15) is 13.8 Å². The smallest absolute Gasteiger partial charge is 0.350 e. The number of carbonyl (C=O) groups is 2. The lowest BCUT2D eigenvalue weighted by molar-refractivity contribution is -0.222. The molecule has 0 aromatic heterocycles. The van der Waals surface area contributed by atoms with E-state index >= 15 is 0 Å². The molecule has 6 nitrogen and oxygen atoms in total. The molecular weight excluding hydrogens is 334 g/mol. The van der Waals surface area contributed by atoms with Crippen LogP contribution in [-0.2, 0) is 19.1 Å². The van der Waals surface area contributed by atoms with Crippen molar-refractivity contribution < 1.29 is 23.8 Å². The molecule has 1 aliphatic rings. The fraction of sp³-hybridized carbons (Fsp3) is 0.200. The van der Waals surface area contributed by atoms with Crippen LogP contribution in [0.2, 0.25) is 0 Å². The third kappa shape index (κ3) is 3.85. The Morgan fingerprint density at radius 3 is 2.23 bits per heavy atom. The molecule has 0 spiro atoms. The second-order valence-corrected chi connectivity index (χ2v) is 6.19. The van der Waals surface area contributed by atoms with Gasteiger partial charge in [-0.1, -0.05) is 24.3 Å². The number of rotatable bonds is 4. The largest absolute Gasteiger partial charge is 0.497 e. The fourth-order valence-electron chi connectivity index (χ4n) is 2.51. The van der Waals surface area contributed by atoms with Gasteiger partial charge in [-0.25, -0.2) is 9.59 Å². The number of ether oxygens (including phenoxy) is 3. The number of nitrogens with one attached hydrogen (secondary N) is 1. The summed E-state index contributed by atoms with van der Waals surface area (Å²) in [6.07, 6.45) is 1.30. The summed E-state index contributed by atoms with van der Waals surface area (Å²) >= 11 is 0. The SMILES string of the molecule is COc1ccc(-c2cccc(NC=C3C(=O)OC(C)(C)OC3=O)c2)cc1. The second-order valence-electron chi connectivity index (χ2n) is 6.19. The van der Waals surface area contributed by atoms with Gasteiger partial charge >= 0.3 is 11.9 Å². The summed E-state index contributed by atoms with van der Waals surface area (Å²) in [7, 11) is 1.62. The molecular formula is C20H19NO5. The summed E-state index contributed by atoms with van der Waals surface area (Å²) < 4.78 is 15.3. The minimum atomic E-state index is -1.25. The molecule has 3 rings (SSSR count). The first-order valence-corrected chi connectivity index (χ1v) is 8.06. The lowest BCUT2D eigenvalue weighted by Crippen LogP contribution is -2.42. The molecule has 0 atom stereocenters. The van der Waals surface area contributed by atoms with E-state index in [1.807, 2.05) is 48.5 Å². The van der Waals surface area contributed by atoms with Crippen LogP contribution >= 0.6 is 0 Å². The zero-order valence-corrected chi connectivity index (χ0v) is 14.7. The van der Waals surface area contributed by atoms with Crippen molar-refractivity contribution in [3.8, 4) is 16.9 Å². The maximum absolute atomic E-state index is 11.9. The van der Waals surface area contributed by atoms with E-state index in [0.29, 0.717) is 0 Å². The third-order valence-electron chi connectivity index (χ3n) is 3.79. The Bertz CT molecular complexity index is 846. The van der Waals surface area contributed by atoms with Crippen LogP contribution in [0.3, 0.4) is 0 Å². The van der Waals surface area contributed by atoms with Gasteiger partial charge in [-0.2, -0.15) is 0 Å². The average Bonchev–Trinajstić information content (AvgIpc) is 2.60. The van der Waals surface area contributed by atoms with Gasteiger partial charge in [0.2, 0.25) is 0 Å². The predicted octanol–water partition coefficient (Wildman–Crippen LogP) is 3.49. The van der Waals surface area contributed by atoms with Gasteiger partial charge in [-0.05, 0) is 35.4 Å². The van der Waals surface area contributed by atoms with E-state index in [4.69, 9.17) is 14.2 Å². The molecule has 0 unspecified atom stereocenters. The van der Waals surface area contributed by atoms with Crippen LogP contribution < -0.4 is 10.1 Å². The van der Waals surface area contributed by atoms with E-state index in [9.17, 15) is 9.59 Å². The van der Waals surface area contributed by atoms with Gasteiger partial charge in [0.1, 0.15) is 5.75 Å². The van der Waals surface area contributed by atoms with Crippen molar-refractivity contribution in [1.29, 1.82) is 0 Å². The minimum absolute atomic E-state index is 0.181. The molecule has 1 aliphatic heterocycles. The molecule has 0 radical (unpaired) electrons. The van der Waals surface area contributed by atoms with Gasteiger partial charge in [0.05, 0.1) is 7.11 Å². The van der Waals surface area contributed by atoms with E-state index in [0.717, 1.165) is 22.6 Å². The molecule has 26 heavy (non-hydrogen) atoms. The van der Waals surface area contributed by atoms with Crippen LogP contribution in [0, 0.1) is 0 Å². The lowest BCUT2D eigenvalue weighted by atomic mass is 10.1. The zero-order chi connectivity index (χ0) is 18.7. The summed E-state index contributed by atoms with van der Waals surface area (Å²) in [6, 6.07) is 15.2. The third-order valence-corrected chi connectivity index (χ3v) is 3.79. The van der Waals surface area contributed by atoms with Crippen molar-refractivity contribution in [1.82, 2.24) is 0 Å². The Kier molecular flexibility index (Phi) is 4.67. The molecule has 2 aromatic rings. The summed E-state index contributed by atoms with van der Waals surface area (Å²) in [4.78, 5) is 23.9. The first-order chi connectivity index (χ1) is 12.4. The molecule has 0 aliphatic carbocycles. The molecule has 1 N–H and O–H groups in total. The van der Waals surface area contributed by atoms with Gasteiger partial charge in [0.25, 0.3) is 5.79 Å². The van der Waals surface area contributed by atoms with Gasteiger partial charge in [-0.15, -0.1) is 0 Å². The van der Waals surface area contributed by atoms with Crippen LogP contribution in [-0.4, -0.2) is 24.8 Å². The summed E-state index contributed by atoms with van der Waals surface area (Å²) in [6.45, 7) is 3.01. The Labute approximate surface area is 151 Å². The molecule has 1 saturated heterocycles. The average molecular weight is 353 g/mol. The molecule has 0 saturated carbocycles. The Morgan fingerprint density at radius 1 is 0.962 bits per heavy atom. The predicted molar refractivity (Wildman–Crippen MR) is 96.4 cm³/mol. The maximum atomic E-state index is 11.9. The van der Waals surface area contributed by atoms with Crippen molar-refractivity contribution in [2.24, 2.45) is 0 Å². The highest BCUT2D eigenvalue weighted by atomic mass is 16.7. The van der Waals surface area contributed by atoms with E-state index in [1.165, 1.54) is 20.0 Å². The molecule has 1 fully saturated rings. The summed E-state index contributed by atoms with van der Waals surface area (Å²) in [5, 5.41) is 2.95. The number of esters is 2. The first kappa shape index (κ1) is 17.5. The molecule has 2 aromatic carbocycles. The van der Waals surface area contributed by atoms with Crippen molar-refractivity contribution in [3.05, 3.63) is 60.3 Å². The van der Waals surface area contributed by atoms with Crippen molar-refractivity contribution in [2.75, 3.05) is 12.4 Å². The summed E-state index contributed by atoms with van der Waals surface area (Å²) in [5.74, 6) is -1.90. The van der Waals surface area contributed by atoms with E-state index in [1.54, 1.807) is 7.11 Å². The second kappa shape index (κ2) is 6.92. The highest BCUT2D eigenvalue weighted by molar-refractivity contribution is 6.15. The number of cyclic esters (lactones) is 2. The monoisotopic (exact) mass is 353 g/mol. The highest BCUT2D eigenvalue weighted by Gasteiger charge is 2.38.